The molecule has 3 aromatic carbocycles. The zero-order valence-electron chi connectivity index (χ0n) is 20.1. The first kappa shape index (κ1) is 23.8. The number of ether oxygens (including phenoxy) is 1. The minimum atomic E-state index is 0.00462. The highest BCUT2D eigenvalue weighted by molar-refractivity contribution is 8.18. The molecular weight excluding hydrogens is 440 g/mol. The van der Waals surface area contributed by atoms with E-state index in [1.165, 1.54) is 22.9 Å². The van der Waals surface area contributed by atoms with E-state index in [0.717, 1.165) is 34.2 Å². The number of rotatable bonds is 7. The van der Waals surface area contributed by atoms with Gasteiger partial charge in [0.15, 0.2) is 5.17 Å². The Labute approximate surface area is 206 Å². The van der Waals surface area contributed by atoms with Crippen LogP contribution in [0.5, 0.6) is 5.75 Å². The van der Waals surface area contributed by atoms with Crippen LogP contribution >= 0.6 is 11.8 Å². The summed E-state index contributed by atoms with van der Waals surface area (Å²) in [5.74, 6) is 0.807. The molecule has 1 saturated heterocycles. The zero-order valence-corrected chi connectivity index (χ0v) is 20.9. The summed E-state index contributed by atoms with van der Waals surface area (Å²) in [6.45, 7) is 8.80. The number of amides is 1. The van der Waals surface area contributed by atoms with Crippen LogP contribution in [0.4, 0.5) is 5.69 Å². The van der Waals surface area contributed by atoms with Crippen molar-refractivity contribution in [2.75, 3.05) is 0 Å². The third-order valence-electron chi connectivity index (χ3n) is 5.79. The number of carbonyl (C=O) groups excluding carboxylic acids is 1. The number of amidine groups is 1. The molecule has 4 nitrogen and oxygen atoms in total. The van der Waals surface area contributed by atoms with Crippen molar-refractivity contribution in [2.24, 2.45) is 4.99 Å². The predicted octanol–water partition coefficient (Wildman–Crippen LogP) is 7.28. The number of aryl methyl sites for hydroxylation is 2. The first-order valence-electron chi connectivity index (χ1n) is 11.6. The Bertz CT molecular complexity index is 1210. The Morgan fingerprint density at radius 1 is 1.00 bits per heavy atom. The van der Waals surface area contributed by atoms with E-state index in [9.17, 15) is 4.79 Å². The molecule has 1 aliphatic rings. The molecule has 0 spiro atoms. The van der Waals surface area contributed by atoms with Crippen LogP contribution in [-0.4, -0.2) is 22.0 Å². The quantitative estimate of drug-likeness (QED) is 0.341. The van der Waals surface area contributed by atoms with Crippen LogP contribution in [0.2, 0.25) is 0 Å². The van der Waals surface area contributed by atoms with Crippen LogP contribution < -0.4 is 4.74 Å². The van der Waals surface area contributed by atoms with Gasteiger partial charge in [0.1, 0.15) is 12.4 Å². The molecule has 34 heavy (non-hydrogen) atoms. The van der Waals surface area contributed by atoms with Gasteiger partial charge in [-0.2, -0.15) is 0 Å². The molecule has 1 amide bonds. The number of hydrogen-bond acceptors (Lipinski definition) is 4. The maximum absolute atomic E-state index is 13.3. The highest BCUT2D eigenvalue weighted by Crippen LogP contribution is 2.36. The maximum Gasteiger partial charge on any atom is 0.266 e. The van der Waals surface area contributed by atoms with E-state index in [1.54, 1.807) is 0 Å². The molecule has 5 heteroatoms. The van der Waals surface area contributed by atoms with Gasteiger partial charge in [0.05, 0.1) is 10.6 Å². The number of aliphatic imine (C=N–C) groups is 1. The lowest BCUT2D eigenvalue weighted by molar-refractivity contribution is -0.123. The van der Waals surface area contributed by atoms with Crippen molar-refractivity contribution in [2.45, 2.75) is 46.8 Å². The summed E-state index contributed by atoms with van der Waals surface area (Å²) >= 11 is 1.43. The molecule has 0 radical (unpaired) electrons. The molecule has 0 aromatic heterocycles. The number of hydrogen-bond donors (Lipinski definition) is 0. The van der Waals surface area contributed by atoms with Gasteiger partial charge in [-0.3, -0.25) is 9.69 Å². The van der Waals surface area contributed by atoms with Crippen molar-refractivity contribution in [1.29, 1.82) is 0 Å². The van der Waals surface area contributed by atoms with E-state index in [0.29, 0.717) is 11.5 Å². The third kappa shape index (κ3) is 5.78. The van der Waals surface area contributed by atoms with Crippen molar-refractivity contribution in [3.63, 3.8) is 0 Å². The summed E-state index contributed by atoms with van der Waals surface area (Å²) in [4.78, 5) is 20.5. The first-order valence-corrected chi connectivity index (χ1v) is 12.4. The molecular formula is C29H30N2O2S. The van der Waals surface area contributed by atoms with Crippen molar-refractivity contribution in [3.05, 3.63) is 100.0 Å². The standard InChI is InChI=1S/C29H30N2O2S/c1-5-22(4)31-28(32)27(34-29(31)30-25-13-9-20(2)10-14-25)18-23-11-15-26(16-12-23)33-19-24-8-6-7-21(3)17-24/h6-18,22H,5,19H2,1-4H3/b27-18+,30-29?/t22-/m0/s1. The van der Waals surface area contributed by atoms with Crippen molar-refractivity contribution in [3.8, 4) is 5.75 Å². The van der Waals surface area contributed by atoms with Gasteiger partial charge >= 0.3 is 0 Å². The molecule has 1 heterocycles. The molecule has 0 unspecified atom stereocenters. The summed E-state index contributed by atoms with van der Waals surface area (Å²) in [6.07, 6.45) is 2.80. The minimum absolute atomic E-state index is 0.00462. The number of benzene rings is 3. The topological polar surface area (TPSA) is 41.9 Å². The molecule has 0 saturated carbocycles. The van der Waals surface area contributed by atoms with Gasteiger partial charge in [0.25, 0.3) is 5.91 Å². The van der Waals surface area contributed by atoms with E-state index in [2.05, 4.69) is 45.9 Å². The van der Waals surface area contributed by atoms with Gasteiger partial charge in [-0.15, -0.1) is 0 Å². The molecule has 0 N–H and O–H groups in total. The summed E-state index contributed by atoms with van der Waals surface area (Å²) in [5, 5.41) is 0.729. The summed E-state index contributed by atoms with van der Waals surface area (Å²) < 4.78 is 5.93. The Morgan fingerprint density at radius 3 is 2.41 bits per heavy atom. The first-order chi connectivity index (χ1) is 16.4. The Hall–Kier alpha value is -3.31. The van der Waals surface area contributed by atoms with Gasteiger partial charge in [0, 0.05) is 6.04 Å². The molecule has 0 bridgehead atoms. The Morgan fingerprint density at radius 2 is 1.74 bits per heavy atom. The van der Waals surface area contributed by atoms with E-state index in [-0.39, 0.29) is 11.9 Å². The number of carbonyl (C=O) groups is 1. The highest BCUT2D eigenvalue weighted by Gasteiger charge is 2.36. The third-order valence-corrected chi connectivity index (χ3v) is 6.78. The van der Waals surface area contributed by atoms with Crippen molar-refractivity contribution >= 4 is 34.6 Å². The molecule has 3 aromatic rings. The fourth-order valence-corrected chi connectivity index (χ4v) is 4.74. The lowest BCUT2D eigenvalue weighted by Crippen LogP contribution is -2.36. The molecule has 0 aliphatic carbocycles. The number of nitrogens with zero attached hydrogens (tertiary/aromatic N) is 2. The lowest BCUT2D eigenvalue weighted by Gasteiger charge is -2.22. The van der Waals surface area contributed by atoms with Crippen LogP contribution in [0, 0.1) is 13.8 Å². The van der Waals surface area contributed by atoms with E-state index < -0.39 is 0 Å². The monoisotopic (exact) mass is 470 g/mol. The van der Waals surface area contributed by atoms with Gasteiger partial charge < -0.3 is 4.74 Å². The zero-order chi connectivity index (χ0) is 24.1. The molecule has 1 fully saturated rings. The van der Waals surface area contributed by atoms with Gasteiger partial charge in [-0.25, -0.2) is 4.99 Å². The van der Waals surface area contributed by atoms with Crippen LogP contribution in [0.1, 0.15) is 42.5 Å². The minimum Gasteiger partial charge on any atom is -0.489 e. The molecule has 174 valence electrons. The van der Waals surface area contributed by atoms with Crippen LogP contribution in [0.25, 0.3) is 6.08 Å². The summed E-state index contributed by atoms with van der Waals surface area (Å²) in [6, 6.07) is 24.3. The Kier molecular flexibility index (Phi) is 7.53. The molecule has 4 rings (SSSR count). The lowest BCUT2D eigenvalue weighted by atomic mass is 10.1. The highest BCUT2D eigenvalue weighted by atomic mass is 32.2. The maximum atomic E-state index is 13.3. The second kappa shape index (κ2) is 10.7. The van der Waals surface area contributed by atoms with E-state index in [4.69, 9.17) is 9.73 Å². The van der Waals surface area contributed by atoms with E-state index >= 15 is 0 Å². The molecule has 1 atom stereocenters. The Balaban J connectivity index is 1.51. The number of thioether (sulfide) groups is 1. The van der Waals surface area contributed by atoms with Gasteiger partial charge in [-0.1, -0.05) is 66.6 Å². The van der Waals surface area contributed by atoms with Crippen molar-refractivity contribution < 1.29 is 9.53 Å². The van der Waals surface area contributed by atoms with Crippen molar-refractivity contribution in [1.82, 2.24) is 4.90 Å². The second-order valence-electron chi connectivity index (χ2n) is 8.62. The SMILES string of the molecule is CC[C@H](C)N1C(=O)/C(=C\c2ccc(OCc3cccc(C)c3)cc2)SC1=Nc1ccc(C)cc1. The summed E-state index contributed by atoms with van der Waals surface area (Å²) in [5.41, 5.74) is 5.36. The average Bonchev–Trinajstić information content (AvgIpc) is 3.14. The predicted molar refractivity (Wildman–Crippen MR) is 142 cm³/mol. The van der Waals surface area contributed by atoms with E-state index in [1.807, 2.05) is 65.6 Å². The smallest absolute Gasteiger partial charge is 0.266 e. The summed E-state index contributed by atoms with van der Waals surface area (Å²) in [7, 11) is 0. The molecule has 1 aliphatic heterocycles. The second-order valence-corrected chi connectivity index (χ2v) is 9.63. The normalized spacial score (nSPS) is 16.9. The van der Waals surface area contributed by atoms with Gasteiger partial charge in [0.2, 0.25) is 0 Å². The van der Waals surface area contributed by atoms with Crippen LogP contribution in [0.15, 0.2) is 82.7 Å². The average molecular weight is 471 g/mol. The largest absolute Gasteiger partial charge is 0.489 e. The van der Waals surface area contributed by atoms with Crippen LogP contribution in [0.3, 0.4) is 0 Å². The van der Waals surface area contributed by atoms with Gasteiger partial charge in [-0.05, 0) is 80.4 Å². The fraction of sp³-hybridized carbons (Fsp3) is 0.241. The fourth-order valence-electron chi connectivity index (χ4n) is 3.65. The van der Waals surface area contributed by atoms with Crippen LogP contribution in [-0.2, 0) is 11.4 Å².